The van der Waals surface area contributed by atoms with E-state index in [0.29, 0.717) is 0 Å². The van der Waals surface area contributed by atoms with E-state index in [-0.39, 0.29) is 18.9 Å². The van der Waals surface area contributed by atoms with Crippen molar-refractivity contribution >= 4 is 5.91 Å². The van der Waals surface area contributed by atoms with E-state index in [1.165, 1.54) is 347 Å². The van der Waals surface area contributed by atoms with E-state index in [9.17, 15) is 45.6 Å². The highest BCUT2D eigenvalue weighted by Crippen LogP contribution is 2.31. The summed E-state index contributed by atoms with van der Waals surface area (Å²) >= 11 is 0. The van der Waals surface area contributed by atoms with Gasteiger partial charge in [0.15, 0.2) is 12.6 Å². The Balaban J connectivity index is 1.60. The van der Waals surface area contributed by atoms with Gasteiger partial charge in [-0.1, -0.05) is 398 Å². The van der Waals surface area contributed by atoms with Crippen LogP contribution in [0.5, 0.6) is 0 Å². The van der Waals surface area contributed by atoms with Crippen molar-refractivity contribution < 1.29 is 64.6 Å². The molecule has 1 amide bonds. The van der Waals surface area contributed by atoms with E-state index in [1.54, 1.807) is 6.08 Å². The van der Waals surface area contributed by atoms with E-state index in [2.05, 4.69) is 19.2 Å². The first kappa shape index (κ1) is 90.8. The second-order valence-electron chi connectivity index (χ2n) is 30.0. The number of unbranched alkanes of at least 4 members (excludes halogenated alkanes) is 59. The lowest BCUT2D eigenvalue weighted by atomic mass is 9.97. The maximum Gasteiger partial charge on any atom is 0.220 e. The summed E-state index contributed by atoms with van der Waals surface area (Å²) in [6, 6.07) is -0.913. The third-order valence-corrected chi connectivity index (χ3v) is 21.0. The molecule has 12 unspecified atom stereocenters. The van der Waals surface area contributed by atoms with Gasteiger partial charge in [-0.15, -0.1) is 0 Å². The predicted molar refractivity (Wildman–Crippen MR) is 397 cm³/mol. The number of carbonyl (C=O) groups excluding carboxylic acids is 1. The van der Waals surface area contributed by atoms with Gasteiger partial charge >= 0.3 is 0 Å². The number of hydrogen-bond acceptors (Lipinski definition) is 13. The molecule has 2 aliphatic heterocycles. The van der Waals surface area contributed by atoms with Crippen molar-refractivity contribution in [1.29, 1.82) is 0 Å². The van der Waals surface area contributed by atoms with Gasteiger partial charge in [0.2, 0.25) is 5.91 Å². The number of ether oxygens (including phenoxy) is 4. The lowest BCUT2D eigenvalue weighted by Crippen LogP contribution is -2.65. The molecule has 9 N–H and O–H groups in total. The third-order valence-electron chi connectivity index (χ3n) is 21.0. The molecule has 2 saturated heterocycles. The molecule has 0 bridgehead atoms. The molecule has 2 aliphatic rings. The second kappa shape index (κ2) is 66.9. The molecule has 2 heterocycles. The molecule has 14 heteroatoms. The van der Waals surface area contributed by atoms with Crippen LogP contribution in [0.1, 0.15) is 412 Å². The number of aliphatic hydroxyl groups excluding tert-OH is 8. The van der Waals surface area contributed by atoms with Crippen LogP contribution in [0.2, 0.25) is 0 Å². The van der Waals surface area contributed by atoms with E-state index in [4.69, 9.17) is 18.9 Å². The number of allylic oxidation sites excluding steroid dienone is 1. The Labute approximate surface area is 590 Å². The van der Waals surface area contributed by atoms with Crippen LogP contribution in [0.15, 0.2) is 12.2 Å². The lowest BCUT2D eigenvalue weighted by Gasteiger charge is -2.46. The number of nitrogens with one attached hydrogen (secondary N) is 1. The number of aliphatic hydroxyl groups is 8. The second-order valence-corrected chi connectivity index (χ2v) is 30.0. The van der Waals surface area contributed by atoms with Crippen molar-refractivity contribution in [2.75, 3.05) is 19.8 Å². The highest BCUT2D eigenvalue weighted by Gasteiger charge is 2.51. The quantitative estimate of drug-likeness (QED) is 0.0204. The van der Waals surface area contributed by atoms with Crippen molar-refractivity contribution in [2.24, 2.45) is 0 Å². The summed E-state index contributed by atoms with van der Waals surface area (Å²) in [7, 11) is 0. The van der Waals surface area contributed by atoms with Crippen LogP contribution in [0.4, 0.5) is 0 Å². The SMILES string of the molecule is CCCCCCCCCCCCCCCCCCCCCCCCCCCCCCC/C=C/C(O)C(COC1OC(CO)C(OC2OC(CO)C(O)C(O)C2O)C(O)C1O)NC(=O)CCCCCCCCCCCCCCCCCCCCCCCCCCCCCCCCC. The molecule has 570 valence electrons. The van der Waals surface area contributed by atoms with Crippen LogP contribution >= 0.6 is 0 Å². The van der Waals surface area contributed by atoms with E-state index in [1.807, 2.05) is 6.08 Å². The largest absolute Gasteiger partial charge is 0.394 e. The Morgan fingerprint density at radius 1 is 0.365 bits per heavy atom. The molecule has 0 spiro atoms. The van der Waals surface area contributed by atoms with Gasteiger partial charge in [0.25, 0.3) is 0 Å². The van der Waals surface area contributed by atoms with Crippen LogP contribution in [-0.4, -0.2) is 140 Å². The van der Waals surface area contributed by atoms with Gasteiger partial charge in [-0.3, -0.25) is 4.79 Å². The van der Waals surface area contributed by atoms with Gasteiger partial charge in [-0.25, -0.2) is 0 Å². The Morgan fingerprint density at radius 3 is 0.958 bits per heavy atom. The minimum Gasteiger partial charge on any atom is -0.394 e. The van der Waals surface area contributed by atoms with Gasteiger partial charge in [0.1, 0.15) is 48.8 Å². The highest BCUT2D eigenvalue weighted by atomic mass is 16.7. The zero-order chi connectivity index (χ0) is 69.4. The van der Waals surface area contributed by atoms with Gasteiger partial charge in [-0.05, 0) is 19.3 Å². The van der Waals surface area contributed by atoms with Crippen LogP contribution in [-0.2, 0) is 23.7 Å². The fraction of sp³-hybridized carbons (Fsp3) is 0.963. The third kappa shape index (κ3) is 49.4. The molecule has 0 aromatic heterocycles. The molecule has 14 nitrogen and oxygen atoms in total. The zero-order valence-electron chi connectivity index (χ0n) is 62.7. The molecule has 2 fully saturated rings. The average Bonchev–Trinajstić information content (AvgIpc) is 0.797. The van der Waals surface area contributed by atoms with Gasteiger partial charge in [0, 0.05) is 6.42 Å². The first-order valence-electron chi connectivity index (χ1n) is 41.9. The summed E-state index contributed by atoms with van der Waals surface area (Å²) in [6.07, 6.45) is 68.8. The van der Waals surface area contributed by atoms with Crippen LogP contribution in [0.3, 0.4) is 0 Å². The molecule has 96 heavy (non-hydrogen) atoms. The van der Waals surface area contributed by atoms with Gasteiger partial charge in [0.05, 0.1) is 32.0 Å². The Kier molecular flexibility index (Phi) is 63.3. The maximum absolute atomic E-state index is 13.4. The fourth-order valence-corrected chi connectivity index (χ4v) is 14.4. The summed E-state index contributed by atoms with van der Waals surface area (Å²) < 4.78 is 22.9. The van der Waals surface area contributed by atoms with Crippen molar-refractivity contribution in [3.63, 3.8) is 0 Å². The minimum atomic E-state index is -1.79. The first-order chi connectivity index (χ1) is 47.1. The highest BCUT2D eigenvalue weighted by molar-refractivity contribution is 5.76. The van der Waals surface area contributed by atoms with Crippen molar-refractivity contribution in [1.82, 2.24) is 5.32 Å². The topological polar surface area (TPSA) is 228 Å². The minimum absolute atomic E-state index is 0.228. The molecule has 2 rings (SSSR count). The average molecular weight is 1370 g/mol. The number of amides is 1. The number of rotatable bonds is 72. The Morgan fingerprint density at radius 2 is 0.646 bits per heavy atom. The standard InChI is InChI=1S/C82H159NO13/c1-3-5-7-9-11-13-15-17-19-21-23-25-27-29-31-33-35-37-39-41-43-45-47-49-51-53-55-57-59-61-63-65-71(86)70(69-93-81-79(92)77(90)80(73(68-85)95-81)96-82-78(91)76(89)75(88)72(67-84)94-82)83-74(87)66-64-62-60-58-56-54-52-50-48-46-44-42-40-38-36-34-32-30-28-26-24-22-20-18-16-14-12-10-8-6-4-2/h63,65,70-73,75-82,84-86,88-92H,3-62,64,66-69H2,1-2H3,(H,83,87)/b65-63+. The molecule has 0 saturated carbocycles. The maximum atomic E-state index is 13.4. The molecular weight excluding hydrogens is 1210 g/mol. The van der Waals surface area contributed by atoms with Crippen LogP contribution in [0, 0.1) is 0 Å². The zero-order valence-corrected chi connectivity index (χ0v) is 62.7. The molecule has 0 aromatic rings. The van der Waals surface area contributed by atoms with Gasteiger partial charge < -0.3 is 65.1 Å². The Hall–Kier alpha value is -1.27. The Bertz CT molecular complexity index is 1660. The van der Waals surface area contributed by atoms with Gasteiger partial charge in [-0.2, -0.15) is 0 Å². The molecule has 0 radical (unpaired) electrons. The van der Waals surface area contributed by atoms with E-state index < -0.39 is 86.8 Å². The lowest BCUT2D eigenvalue weighted by molar-refractivity contribution is -0.359. The van der Waals surface area contributed by atoms with Crippen molar-refractivity contribution in [3.05, 3.63) is 12.2 Å². The first-order valence-corrected chi connectivity index (χ1v) is 41.9. The molecule has 0 aromatic carbocycles. The van der Waals surface area contributed by atoms with Crippen molar-refractivity contribution in [3.8, 4) is 0 Å². The summed E-state index contributed by atoms with van der Waals surface area (Å²) in [4.78, 5) is 13.4. The fourth-order valence-electron chi connectivity index (χ4n) is 14.4. The number of hydrogen-bond donors (Lipinski definition) is 9. The van der Waals surface area contributed by atoms with E-state index >= 15 is 0 Å². The van der Waals surface area contributed by atoms with Crippen LogP contribution in [0.25, 0.3) is 0 Å². The number of carbonyl (C=O) groups is 1. The summed E-state index contributed by atoms with van der Waals surface area (Å²) in [5.74, 6) is -0.228. The smallest absolute Gasteiger partial charge is 0.220 e. The summed E-state index contributed by atoms with van der Waals surface area (Å²) in [5.41, 5.74) is 0. The predicted octanol–water partition coefficient (Wildman–Crippen LogP) is 19.3. The molecule has 12 atom stereocenters. The molecule has 0 aliphatic carbocycles. The monoisotopic (exact) mass is 1370 g/mol. The van der Waals surface area contributed by atoms with E-state index in [0.717, 1.165) is 44.9 Å². The molecular formula is C82H159NO13. The van der Waals surface area contributed by atoms with Crippen LogP contribution < -0.4 is 5.32 Å². The van der Waals surface area contributed by atoms with Crippen molar-refractivity contribution in [2.45, 2.75) is 485 Å². The summed E-state index contributed by atoms with van der Waals surface area (Å²) in [5, 5.41) is 87.8. The normalized spacial score (nSPS) is 22.2. The summed E-state index contributed by atoms with van der Waals surface area (Å²) in [6.45, 7) is 2.89.